The average molecular weight is 323 g/mol. The third-order valence-electron chi connectivity index (χ3n) is 4.64. The Morgan fingerprint density at radius 2 is 2.32 bits per heavy atom. The first-order chi connectivity index (χ1) is 10.7. The van der Waals surface area contributed by atoms with E-state index >= 15 is 0 Å². The number of hydrogen-bond donors (Lipinski definition) is 4. The molecule has 1 aromatic rings. The van der Waals surface area contributed by atoms with Gasteiger partial charge in [-0.05, 0) is 37.1 Å². The number of nitrogens with one attached hydrogen (secondary N) is 4. The van der Waals surface area contributed by atoms with Crippen molar-refractivity contribution in [2.24, 2.45) is 5.92 Å². The Morgan fingerprint density at radius 1 is 1.45 bits per heavy atom. The second-order valence-electron chi connectivity index (χ2n) is 6.05. The van der Waals surface area contributed by atoms with E-state index in [4.69, 9.17) is 11.6 Å². The van der Waals surface area contributed by atoms with Gasteiger partial charge in [0, 0.05) is 23.5 Å². The summed E-state index contributed by atoms with van der Waals surface area (Å²) >= 11 is 6.06. The molecule has 22 heavy (non-hydrogen) atoms. The number of hydrazine groups is 1. The van der Waals surface area contributed by atoms with Crippen molar-refractivity contribution in [3.63, 3.8) is 0 Å². The number of piperidine rings is 1. The Morgan fingerprint density at radius 3 is 3.09 bits per heavy atom. The third-order valence-corrected chi connectivity index (χ3v) is 4.87. The molecule has 0 aliphatic carbocycles. The Labute approximate surface area is 136 Å². The summed E-state index contributed by atoms with van der Waals surface area (Å²) in [5, 5.41) is 7.22. The van der Waals surface area contributed by atoms with Gasteiger partial charge in [0.05, 0.1) is 6.04 Å². The third kappa shape index (κ3) is 3.27. The summed E-state index contributed by atoms with van der Waals surface area (Å²) < 4.78 is 0. The molecule has 2 aliphatic heterocycles. The van der Waals surface area contributed by atoms with Crippen molar-refractivity contribution in [1.29, 1.82) is 0 Å². The van der Waals surface area contributed by atoms with Gasteiger partial charge in [0.25, 0.3) is 0 Å². The SMILES string of the molecule is CCC(NC(=O)C1NNC2CCNCC21)c1cccc(Cl)c1. The van der Waals surface area contributed by atoms with Crippen LogP contribution in [-0.2, 0) is 4.79 Å². The molecule has 6 heteroatoms. The zero-order valence-corrected chi connectivity index (χ0v) is 13.5. The number of hydrogen-bond acceptors (Lipinski definition) is 4. The minimum absolute atomic E-state index is 0.0106. The first kappa shape index (κ1) is 15.7. The molecule has 0 aromatic heterocycles. The van der Waals surface area contributed by atoms with Gasteiger partial charge in [-0.1, -0.05) is 30.7 Å². The molecule has 4 atom stereocenters. The molecule has 0 spiro atoms. The highest BCUT2D eigenvalue weighted by Gasteiger charge is 2.41. The standard InChI is InChI=1S/C16H23ClN4O/c1-2-13(10-4-3-5-11(17)8-10)19-16(22)15-12-9-18-7-6-14(12)20-21-15/h3-5,8,12-15,18,20-21H,2,6-7,9H2,1H3,(H,19,22). The van der Waals surface area contributed by atoms with Crippen molar-refractivity contribution in [3.8, 4) is 0 Å². The molecule has 3 rings (SSSR count). The first-order valence-corrected chi connectivity index (χ1v) is 8.34. The van der Waals surface area contributed by atoms with Gasteiger partial charge in [0.1, 0.15) is 6.04 Å². The van der Waals surface area contributed by atoms with E-state index in [-0.39, 0.29) is 18.0 Å². The summed E-state index contributed by atoms with van der Waals surface area (Å²) in [5.74, 6) is 0.348. The van der Waals surface area contributed by atoms with Gasteiger partial charge in [-0.3, -0.25) is 10.2 Å². The van der Waals surface area contributed by atoms with E-state index in [0.717, 1.165) is 31.5 Å². The normalized spacial score (nSPS) is 28.9. The van der Waals surface area contributed by atoms with E-state index in [2.05, 4.69) is 28.4 Å². The van der Waals surface area contributed by atoms with Gasteiger partial charge in [-0.25, -0.2) is 5.43 Å². The fraction of sp³-hybridized carbons (Fsp3) is 0.562. The maximum atomic E-state index is 12.7. The van der Waals surface area contributed by atoms with Crippen LogP contribution in [-0.4, -0.2) is 31.1 Å². The van der Waals surface area contributed by atoms with E-state index in [1.54, 1.807) is 0 Å². The number of carbonyl (C=O) groups is 1. The Hall–Kier alpha value is -1.14. The van der Waals surface area contributed by atoms with Crippen LogP contribution in [0.4, 0.5) is 0 Å². The van der Waals surface area contributed by atoms with Crippen molar-refractivity contribution >= 4 is 17.5 Å². The van der Waals surface area contributed by atoms with Gasteiger partial charge in [0.2, 0.25) is 5.91 Å². The molecule has 1 amide bonds. The summed E-state index contributed by atoms with van der Waals surface area (Å²) in [6.07, 6.45) is 1.88. The molecule has 4 unspecified atom stereocenters. The summed E-state index contributed by atoms with van der Waals surface area (Å²) in [6, 6.07) is 7.87. The number of fused-ring (bicyclic) bond motifs is 1. The monoisotopic (exact) mass is 322 g/mol. The van der Waals surface area contributed by atoms with Crippen LogP contribution < -0.4 is 21.5 Å². The van der Waals surface area contributed by atoms with Crippen LogP contribution in [0.25, 0.3) is 0 Å². The highest BCUT2D eigenvalue weighted by Crippen LogP contribution is 2.23. The van der Waals surface area contributed by atoms with Gasteiger partial charge >= 0.3 is 0 Å². The molecule has 4 N–H and O–H groups in total. The van der Waals surface area contributed by atoms with Gasteiger partial charge in [-0.15, -0.1) is 0 Å². The highest BCUT2D eigenvalue weighted by molar-refractivity contribution is 6.30. The minimum Gasteiger partial charge on any atom is -0.348 e. The lowest BCUT2D eigenvalue weighted by Gasteiger charge is -2.28. The molecule has 1 aromatic carbocycles. The maximum absolute atomic E-state index is 12.7. The van der Waals surface area contributed by atoms with Crippen molar-refractivity contribution in [1.82, 2.24) is 21.5 Å². The van der Waals surface area contributed by atoms with Crippen LogP contribution in [0.3, 0.4) is 0 Å². The van der Waals surface area contributed by atoms with Gasteiger partial charge in [-0.2, -0.15) is 0 Å². The smallest absolute Gasteiger partial charge is 0.239 e. The summed E-state index contributed by atoms with van der Waals surface area (Å²) in [5.41, 5.74) is 7.47. The van der Waals surface area contributed by atoms with Crippen LogP contribution in [0.5, 0.6) is 0 Å². The van der Waals surface area contributed by atoms with E-state index in [1.807, 2.05) is 24.3 Å². The van der Waals surface area contributed by atoms with E-state index in [1.165, 1.54) is 0 Å². The molecule has 0 saturated carbocycles. The van der Waals surface area contributed by atoms with Crippen LogP contribution in [0.2, 0.25) is 5.02 Å². The molecule has 2 aliphatic rings. The lowest BCUT2D eigenvalue weighted by Crippen LogP contribution is -2.49. The van der Waals surface area contributed by atoms with Crippen LogP contribution in [0.1, 0.15) is 31.4 Å². The van der Waals surface area contributed by atoms with Crippen molar-refractivity contribution in [3.05, 3.63) is 34.9 Å². The topological polar surface area (TPSA) is 65.2 Å². The number of halogens is 1. The lowest BCUT2D eigenvalue weighted by molar-refractivity contribution is -0.124. The zero-order chi connectivity index (χ0) is 15.5. The predicted octanol–water partition coefficient (Wildman–Crippen LogP) is 1.36. The second kappa shape index (κ2) is 6.96. The first-order valence-electron chi connectivity index (χ1n) is 7.96. The van der Waals surface area contributed by atoms with Crippen LogP contribution in [0.15, 0.2) is 24.3 Å². The number of amides is 1. The number of rotatable bonds is 4. The van der Waals surface area contributed by atoms with Gasteiger partial charge in [0.15, 0.2) is 0 Å². The largest absolute Gasteiger partial charge is 0.348 e. The molecule has 2 fully saturated rings. The molecular formula is C16H23ClN4O. The van der Waals surface area contributed by atoms with E-state index in [9.17, 15) is 4.79 Å². The molecule has 0 bridgehead atoms. The predicted molar refractivity (Wildman–Crippen MR) is 87.5 cm³/mol. The quantitative estimate of drug-likeness (QED) is 0.676. The molecule has 2 saturated heterocycles. The van der Waals surface area contributed by atoms with Crippen molar-refractivity contribution in [2.75, 3.05) is 13.1 Å². The van der Waals surface area contributed by atoms with Crippen LogP contribution in [0, 0.1) is 5.92 Å². The molecule has 5 nitrogen and oxygen atoms in total. The highest BCUT2D eigenvalue weighted by atomic mass is 35.5. The van der Waals surface area contributed by atoms with Crippen molar-refractivity contribution in [2.45, 2.75) is 37.9 Å². The maximum Gasteiger partial charge on any atom is 0.239 e. The molecule has 120 valence electrons. The van der Waals surface area contributed by atoms with E-state index < -0.39 is 0 Å². The lowest BCUT2D eigenvalue weighted by atomic mass is 9.89. The average Bonchev–Trinajstić information content (AvgIpc) is 2.96. The van der Waals surface area contributed by atoms with Crippen LogP contribution >= 0.6 is 11.6 Å². The summed E-state index contributed by atoms with van der Waals surface area (Å²) in [6.45, 7) is 3.94. The Kier molecular flexibility index (Phi) is 4.98. The number of carbonyl (C=O) groups excluding carboxylic acids is 1. The minimum atomic E-state index is -0.189. The number of benzene rings is 1. The summed E-state index contributed by atoms with van der Waals surface area (Å²) in [7, 11) is 0. The Balaban J connectivity index is 1.67. The molecule has 2 heterocycles. The van der Waals surface area contributed by atoms with E-state index in [0.29, 0.717) is 17.0 Å². The van der Waals surface area contributed by atoms with Crippen molar-refractivity contribution < 1.29 is 4.79 Å². The molecule has 0 radical (unpaired) electrons. The fourth-order valence-corrected chi connectivity index (χ4v) is 3.58. The van der Waals surface area contributed by atoms with Gasteiger partial charge < -0.3 is 10.6 Å². The zero-order valence-electron chi connectivity index (χ0n) is 12.7. The summed E-state index contributed by atoms with van der Waals surface area (Å²) in [4.78, 5) is 12.7. The second-order valence-corrected chi connectivity index (χ2v) is 6.49. The fourth-order valence-electron chi connectivity index (χ4n) is 3.38. The molecular weight excluding hydrogens is 300 g/mol. The Bertz CT molecular complexity index is 539.